The van der Waals surface area contributed by atoms with Gasteiger partial charge in [-0.2, -0.15) is 5.26 Å². The fraction of sp³-hybridized carbons (Fsp3) is 0. The third-order valence-electron chi connectivity index (χ3n) is 12.3. The van der Waals surface area contributed by atoms with Gasteiger partial charge in [-0.25, -0.2) is 0 Å². The Morgan fingerprint density at radius 3 is 1.93 bits per heavy atom. The van der Waals surface area contributed by atoms with Crippen LogP contribution in [0.4, 0.5) is 0 Å². The zero-order valence-corrected chi connectivity index (χ0v) is 32.1. The Bertz CT molecular complexity index is 3960. The highest BCUT2D eigenvalue weighted by molar-refractivity contribution is 6.27. The summed E-state index contributed by atoms with van der Waals surface area (Å²) in [7, 11) is 0. The molecule has 13 rings (SSSR count). The Balaban J connectivity index is 1.07. The predicted octanol–water partition coefficient (Wildman–Crippen LogP) is 14.9. The van der Waals surface area contributed by atoms with E-state index < -0.39 is 0 Å². The molecule has 5 nitrogen and oxygen atoms in total. The van der Waals surface area contributed by atoms with Gasteiger partial charge in [0, 0.05) is 43.7 Å². The SMILES string of the molecule is N#Cc1cc(-c2cccc(-n3c4cccc(-c5ccccc5)c4c4c5oc6ccccc6c5ccc43)c2)cc(-n2c3ccccc3c3ccc4oc5ccccc5c4c32)c1. The van der Waals surface area contributed by atoms with E-state index in [1.54, 1.807) is 0 Å². The minimum Gasteiger partial charge on any atom is -0.456 e. The summed E-state index contributed by atoms with van der Waals surface area (Å²) >= 11 is 0. The van der Waals surface area contributed by atoms with Crippen LogP contribution in [0.5, 0.6) is 0 Å². The van der Waals surface area contributed by atoms with Gasteiger partial charge >= 0.3 is 0 Å². The fourth-order valence-electron chi connectivity index (χ4n) is 9.79. The minimum absolute atomic E-state index is 0.583. The number of para-hydroxylation sites is 3. The number of hydrogen-bond acceptors (Lipinski definition) is 3. The molecule has 0 bridgehead atoms. The Morgan fingerprint density at radius 2 is 1.07 bits per heavy atom. The van der Waals surface area contributed by atoms with Gasteiger partial charge in [0.1, 0.15) is 22.3 Å². The standard InChI is InChI=1S/C55H31N3O2/c56-32-33-28-36(31-38(29-33)58-45-20-7-4-16-40(45)42-25-27-50-52(54(42)58)44-18-6-9-23-49(44)59-50)35-14-10-15-37(30-35)57-46-21-11-19-39(34-12-2-1-3-13-34)51(46)53-47(57)26-24-43-41-17-5-8-22-48(41)60-55(43)53/h1-31H. The summed E-state index contributed by atoms with van der Waals surface area (Å²) < 4.78 is 17.8. The Morgan fingerprint density at radius 1 is 0.383 bits per heavy atom. The maximum Gasteiger partial charge on any atom is 0.145 e. The van der Waals surface area contributed by atoms with Crippen molar-refractivity contribution in [3.05, 3.63) is 194 Å². The first kappa shape index (κ1) is 32.7. The maximum absolute atomic E-state index is 10.6. The van der Waals surface area contributed by atoms with Gasteiger partial charge in [-0.15, -0.1) is 0 Å². The molecular formula is C55H31N3O2. The minimum atomic E-state index is 0.583. The molecule has 0 aliphatic carbocycles. The topological polar surface area (TPSA) is 59.9 Å². The zero-order valence-electron chi connectivity index (χ0n) is 32.1. The molecule has 0 spiro atoms. The first-order chi connectivity index (χ1) is 29.7. The molecule has 0 radical (unpaired) electrons. The number of nitriles is 1. The Labute approximate surface area is 342 Å². The monoisotopic (exact) mass is 765 g/mol. The lowest BCUT2D eigenvalue weighted by molar-refractivity contribution is 0.669. The van der Waals surface area contributed by atoms with Crippen LogP contribution in [0.25, 0.3) is 121 Å². The van der Waals surface area contributed by atoms with Crippen LogP contribution in [0.3, 0.4) is 0 Å². The number of hydrogen-bond donors (Lipinski definition) is 0. The summed E-state index contributed by atoms with van der Waals surface area (Å²) in [5.41, 5.74) is 14.5. The van der Waals surface area contributed by atoms with Crippen molar-refractivity contribution < 1.29 is 8.83 Å². The van der Waals surface area contributed by atoms with Crippen LogP contribution in [0.15, 0.2) is 197 Å². The number of nitrogens with zero attached hydrogens (tertiary/aromatic N) is 3. The maximum atomic E-state index is 10.6. The van der Waals surface area contributed by atoms with Crippen LogP contribution in [0, 0.1) is 11.3 Å². The summed E-state index contributed by atoms with van der Waals surface area (Å²) in [5.74, 6) is 0. The van der Waals surface area contributed by atoms with Crippen LogP contribution < -0.4 is 0 Å². The average Bonchev–Trinajstić information content (AvgIpc) is 4.06. The highest BCUT2D eigenvalue weighted by atomic mass is 16.3. The first-order valence-corrected chi connectivity index (χ1v) is 20.1. The van der Waals surface area contributed by atoms with Gasteiger partial charge in [-0.1, -0.05) is 109 Å². The molecule has 4 heterocycles. The molecular weight excluding hydrogens is 735 g/mol. The molecule has 0 fully saturated rings. The molecule has 0 aliphatic heterocycles. The Hall–Kier alpha value is -8.33. The van der Waals surface area contributed by atoms with Gasteiger partial charge in [-0.3, -0.25) is 0 Å². The van der Waals surface area contributed by atoms with Crippen LogP contribution in [0.1, 0.15) is 5.56 Å². The van der Waals surface area contributed by atoms with Crippen molar-refractivity contribution in [2.75, 3.05) is 0 Å². The van der Waals surface area contributed by atoms with Crippen LogP contribution in [-0.2, 0) is 0 Å². The lowest BCUT2D eigenvalue weighted by Gasteiger charge is -2.14. The highest BCUT2D eigenvalue weighted by Gasteiger charge is 2.23. The number of benzene rings is 9. The van der Waals surface area contributed by atoms with Crippen LogP contribution >= 0.6 is 0 Å². The Kier molecular flexibility index (Phi) is 6.73. The zero-order chi connectivity index (χ0) is 39.5. The van der Waals surface area contributed by atoms with Crippen molar-refractivity contribution in [1.29, 1.82) is 5.26 Å². The van der Waals surface area contributed by atoms with Gasteiger partial charge in [-0.05, 0) is 101 Å². The van der Waals surface area contributed by atoms with Crippen molar-refractivity contribution in [2.45, 2.75) is 0 Å². The lowest BCUT2D eigenvalue weighted by atomic mass is 9.98. The predicted molar refractivity (Wildman–Crippen MR) is 245 cm³/mol. The molecule has 0 saturated carbocycles. The first-order valence-electron chi connectivity index (χ1n) is 20.1. The van der Waals surface area contributed by atoms with Crippen molar-refractivity contribution in [3.8, 4) is 39.7 Å². The normalized spacial score (nSPS) is 12.0. The van der Waals surface area contributed by atoms with Gasteiger partial charge in [0.25, 0.3) is 0 Å². The smallest absolute Gasteiger partial charge is 0.145 e. The van der Waals surface area contributed by atoms with E-state index in [0.29, 0.717) is 5.56 Å². The van der Waals surface area contributed by atoms with E-state index in [0.717, 1.165) is 121 Å². The number of fused-ring (bicyclic) bond motifs is 14. The van der Waals surface area contributed by atoms with Crippen LogP contribution in [-0.4, -0.2) is 9.13 Å². The number of aromatic nitrogens is 2. The molecule has 5 heteroatoms. The van der Waals surface area contributed by atoms with Crippen molar-refractivity contribution in [2.24, 2.45) is 0 Å². The summed E-state index contributed by atoms with van der Waals surface area (Å²) in [6.07, 6.45) is 0. The molecule has 0 amide bonds. The molecule has 0 N–H and O–H groups in total. The molecule has 13 aromatic rings. The van der Waals surface area contributed by atoms with E-state index in [2.05, 4.69) is 167 Å². The van der Waals surface area contributed by atoms with E-state index in [9.17, 15) is 5.26 Å². The van der Waals surface area contributed by atoms with E-state index in [4.69, 9.17) is 8.83 Å². The van der Waals surface area contributed by atoms with E-state index in [1.807, 2.05) is 36.4 Å². The number of rotatable bonds is 4. The molecule has 0 aliphatic rings. The molecule has 278 valence electrons. The van der Waals surface area contributed by atoms with E-state index in [-0.39, 0.29) is 0 Å². The van der Waals surface area contributed by atoms with Crippen molar-refractivity contribution in [1.82, 2.24) is 9.13 Å². The fourth-order valence-corrected chi connectivity index (χ4v) is 9.79. The van der Waals surface area contributed by atoms with Crippen molar-refractivity contribution >= 4 is 87.5 Å². The second-order valence-electron chi connectivity index (χ2n) is 15.6. The highest BCUT2D eigenvalue weighted by Crippen LogP contribution is 2.45. The molecule has 0 unspecified atom stereocenters. The molecule has 9 aromatic carbocycles. The van der Waals surface area contributed by atoms with Crippen molar-refractivity contribution in [3.63, 3.8) is 0 Å². The average molecular weight is 766 g/mol. The largest absolute Gasteiger partial charge is 0.456 e. The second-order valence-corrected chi connectivity index (χ2v) is 15.6. The molecule has 0 saturated heterocycles. The third-order valence-corrected chi connectivity index (χ3v) is 12.3. The summed E-state index contributed by atoms with van der Waals surface area (Å²) in [6, 6.07) is 68.2. The van der Waals surface area contributed by atoms with Gasteiger partial charge in [0.15, 0.2) is 0 Å². The third kappa shape index (κ3) is 4.56. The van der Waals surface area contributed by atoms with Gasteiger partial charge in [0.05, 0.1) is 44.5 Å². The summed E-state index contributed by atoms with van der Waals surface area (Å²) in [6.45, 7) is 0. The summed E-state index contributed by atoms with van der Waals surface area (Å²) in [4.78, 5) is 0. The second kappa shape index (κ2) is 12.3. The van der Waals surface area contributed by atoms with E-state index >= 15 is 0 Å². The van der Waals surface area contributed by atoms with Crippen LogP contribution in [0.2, 0.25) is 0 Å². The summed E-state index contributed by atoms with van der Waals surface area (Å²) in [5, 5.41) is 19.4. The molecule has 4 aromatic heterocycles. The quantitative estimate of drug-likeness (QED) is 0.179. The lowest BCUT2D eigenvalue weighted by Crippen LogP contribution is -1.97. The number of furan rings is 2. The van der Waals surface area contributed by atoms with Gasteiger partial charge in [0.2, 0.25) is 0 Å². The molecule has 0 atom stereocenters. The van der Waals surface area contributed by atoms with Gasteiger partial charge < -0.3 is 18.0 Å². The van der Waals surface area contributed by atoms with E-state index in [1.165, 1.54) is 0 Å². The molecule has 60 heavy (non-hydrogen) atoms.